The highest BCUT2D eigenvalue weighted by Crippen LogP contribution is 2.35. The molecule has 0 unspecified atom stereocenters. The number of hydrogen-bond acceptors (Lipinski definition) is 4. The first kappa shape index (κ1) is 20.4. The van der Waals surface area contributed by atoms with E-state index in [-0.39, 0.29) is 9.79 Å². The molecule has 6 heteroatoms. The van der Waals surface area contributed by atoms with Gasteiger partial charge in [-0.25, -0.2) is 8.42 Å². The molecule has 152 valence electrons. The minimum atomic E-state index is -3.78. The first-order valence-corrected chi connectivity index (χ1v) is 11.5. The number of rotatable bonds is 5. The van der Waals surface area contributed by atoms with Crippen LogP contribution in [-0.2, 0) is 16.3 Å². The number of nitrogens with zero attached hydrogens (tertiary/aromatic N) is 1. The molecule has 0 radical (unpaired) electrons. The smallest absolute Gasteiger partial charge is 0.210 e. The summed E-state index contributed by atoms with van der Waals surface area (Å²) in [5.41, 5.74) is 4.07. The maximum Gasteiger partial charge on any atom is 0.210 e. The molecule has 4 rings (SSSR count). The van der Waals surface area contributed by atoms with Crippen LogP contribution < -0.4 is 5.32 Å². The third kappa shape index (κ3) is 3.91. The number of pyridine rings is 1. The van der Waals surface area contributed by atoms with Gasteiger partial charge in [-0.2, -0.15) is 0 Å². The second kappa shape index (κ2) is 8.09. The zero-order chi connectivity index (χ0) is 21.3. The van der Waals surface area contributed by atoms with Crippen LogP contribution >= 0.6 is 11.6 Å². The number of aromatic nitrogens is 1. The van der Waals surface area contributed by atoms with Gasteiger partial charge in [0.1, 0.15) is 4.90 Å². The number of halogens is 1. The fourth-order valence-electron chi connectivity index (χ4n) is 3.33. The van der Waals surface area contributed by atoms with Gasteiger partial charge in [-0.3, -0.25) is 4.98 Å². The Morgan fingerprint density at radius 1 is 0.967 bits per heavy atom. The molecule has 0 saturated carbocycles. The quantitative estimate of drug-likeness (QED) is 0.396. The molecular weight excluding hydrogens is 416 g/mol. The third-order valence-electron chi connectivity index (χ3n) is 5.03. The van der Waals surface area contributed by atoms with E-state index in [1.807, 2.05) is 56.3 Å². The van der Waals surface area contributed by atoms with E-state index in [2.05, 4.69) is 10.3 Å². The Labute approximate surface area is 181 Å². The van der Waals surface area contributed by atoms with Crippen molar-refractivity contribution in [3.63, 3.8) is 0 Å². The molecule has 1 N–H and O–H groups in total. The Kier molecular flexibility index (Phi) is 5.50. The van der Waals surface area contributed by atoms with E-state index in [1.165, 1.54) is 6.20 Å². The van der Waals surface area contributed by atoms with Crippen LogP contribution in [-0.4, -0.2) is 13.4 Å². The molecule has 0 aliphatic heterocycles. The molecule has 0 bridgehead atoms. The fraction of sp³-hybridized carbons (Fsp3) is 0.125. The molecule has 0 saturated heterocycles. The molecule has 1 aromatic heterocycles. The summed E-state index contributed by atoms with van der Waals surface area (Å²) >= 11 is 6.01. The van der Waals surface area contributed by atoms with E-state index in [0.717, 1.165) is 34.1 Å². The second-order valence-corrected chi connectivity index (χ2v) is 9.51. The Hall–Kier alpha value is -2.89. The summed E-state index contributed by atoms with van der Waals surface area (Å²) < 4.78 is 27.1. The normalized spacial score (nSPS) is 11.6. The molecule has 4 aromatic rings. The molecule has 0 aliphatic rings. The monoisotopic (exact) mass is 436 g/mol. The van der Waals surface area contributed by atoms with Gasteiger partial charge in [-0.05, 0) is 67.4 Å². The highest BCUT2D eigenvalue weighted by molar-refractivity contribution is 7.91. The van der Waals surface area contributed by atoms with Crippen LogP contribution in [0.2, 0.25) is 5.02 Å². The zero-order valence-corrected chi connectivity index (χ0v) is 18.3. The van der Waals surface area contributed by atoms with E-state index >= 15 is 0 Å². The van der Waals surface area contributed by atoms with Gasteiger partial charge in [0.05, 0.1) is 16.1 Å². The van der Waals surface area contributed by atoms with Crippen molar-refractivity contribution < 1.29 is 8.42 Å². The summed E-state index contributed by atoms with van der Waals surface area (Å²) in [7, 11) is -3.78. The van der Waals surface area contributed by atoms with E-state index in [9.17, 15) is 8.42 Å². The van der Waals surface area contributed by atoms with E-state index < -0.39 is 9.84 Å². The van der Waals surface area contributed by atoms with Crippen LogP contribution in [0.15, 0.2) is 82.7 Å². The van der Waals surface area contributed by atoms with Crippen LogP contribution in [0.1, 0.15) is 18.1 Å². The number of aryl methyl sites for hydroxylation is 2. The first-order valence-electron chi connectivity index (χ1n) is 9.64. The van der Waals surface area contributed by atoms with Gasteiger partial charge in [0.15, 0.2) is 0 Å². The van der Waals surface area contributed by atoms with E-state index in [1.54, 1.807) is 24.3 Å². The van der Waals surface area contributed by atoms with Gasteiger partial charge in [-0.15, -0.1) is 0 Å². The lowest BCUT2D eigenvalue weighted by molar-refractivity contribution is 0.596. The maximum absolute atomic E-state index is 13.5. The summed E-state index contributed by atoms with van der Waals surface area (Å²) in [6, 6.07) is 19.9. The standard InChI is InChI=1S/C24H21ClN2O2S/c1-3-17-5-11-20(12-6-17)30(28,29)23-15-26-22-13-4-16(2)14-21(22)24(23)27-19-9-7-18(25)8-10-19/h4-15H,3H2,1-2H3,(H,26,27). The molecule has 0 spiro atoms. The Bertz CT molecular complexity index is 1320. The largest absolute Gasteiger partial charge is 0.354 e. The maximum atomic E-state index is 13.5. The van der Waals surface area contributed by atoms with Gasteiger partial charge in [0, 0.05) is 22.3 Å². The first-order chi connectivity index (χ1) is 14.4. The summed E-state index contributed by atoms with van der Waals surface area (Å²) in [6.45, 7) is 4.00. The zero-order valence-electron chi connectivity index (χ0n) is 16.7. The van der Waals surface area contributed by atoms with Crippen molar-refractivity contribution in [2.75, 3.05) is 5.32 Å². The Balaban J connectivity index is 1.92. The van der Waals surface area contributed by atoms with Crippen LogP contribution in [0.3, 0.4) is 0 Å². The molecule has 0 atom stereocenters. The third-order valence-corrected chi connectivity index (χ3v) is 7.07. The molecule has 3 aromatic carbocycles. The van der Waals surface area contributed by atoms with Crippen LogP contribution in [0, 0.1) is 6.92 Å². The lowest BCUT2D eigenvalue weighted by atomic mass is 10.1. The van der Waals surface area contributed by atoms with E-state index in [0.29, 0.717) is 10.7 Å². The lowest BCUT2D eigenvalue weighted by Gasteiger charge is -2.16. The van der Waals surface area contributed by atoms with Crippen molar-refractivity contribution in [1.82, 2.24) is 4.98 Å². The number of fused-ring (bicyclic) bond motifs is 1. The summed E-state index contributed by atoms with van der Waals surface area (Å²) in [6.07, 6.45) is 2.28. The predicted molar refractivity (Wildman–Crippen MR) is 122 cm³/mol. The molecule has 1 heterocycles. The lowest BCUT2D eigenvalue weighted by Crippen LogP contribution is -2.07. The van der Waals surface area contributed by atoms with Gasteiger partial charge in [0.2, 0.25) is 9.84 Å². The Morgan fingerprint density at radius 2 is 1.67 bits per heavy atom. The molecule has 0 aliphatic carbocycles. The van der Waals surface area contributed by atoms with Crippen LogP contribution in [0.4, 0.5) is 11.4 Å². The average molecular weight is 437 g/mol. The molecule has 0 fully saturated rings. The number of benzene rings is 3. The summed E-state index contributed by atoms with van der Waals surface area (Å²) in [5.74, 6) is 0. The van der Waals surface area contributed by atoms with Crippen molar-refractivity contribution in [3.05, 3.63) is 89.1 Å². The summed E-state index contributed by atoms with van der Waals surface area (Å²) in [5, 5.41) is 4.65. The Morgan fingerprint density at radius 3 is 2.33 bits per heavy atom. The van der Waals surface area contributed by atoms with Gasteiger partial charge in [-0.1, -0.05) is 42.3 Å². The van der Waals surface area contributed by atoms with Crippen LogP contribution in [0.5, 0.6) is 0 Å². The highest BCUT2D eigenvalue weighted by atomic mass is 35.5. The topological polar surface area (TPSA) is 59.1 Å². The van der Waals surface area contributed by atoms with Crippen molar-refractivity contribution in [2.45, 2.75) is 30.1 Å². The molecule has 0 amide bonds. The average Bonchev–Trinajstić information content (AvgIpc) is 2.75. The fourth-order valence-corrected chi connectivity index (χ4v) is 4.83. The van der Waals surface area contributed by atoms with Gasteiger partial charge in [0.25, 0.3) is 0 Å². The highest BCUT2D eigenvalue weighted by Gasteiger charge is 2.24. The molecular formula is C24H21ClN2O2S. The van der Waals surface area contributed by atoms with Crippen molar-refractivity contribution >= 4 is 43.7 Å². The van der Waals surface area contributed by atoms with Crippen molar-refractivity contribution in [1.29, 1.82) is 0 Å². The predicted octanol–water partition coefficient (Wildman–Crippen LogP) is 6.34. The SMILES string of the molecule is CCc1ccc(S(=O)(=O)c2cnc3ccc(C)cc3c2Nc2ccc(Cl)cc2)cc1. The van der Waals surface area contributed by atoms with Gasteiger partial charge < -0.3 is 5.32 Å². The van der Waals surface area contributed by atoms with Gasteiger partial charge >= 0.3 is 0 Å². The summed E-state index contributed by atoms with van der Waals surface area (Å²) in [4.78, 5) is 4.81. The van der Waals surface area contributed by atoms with Crippen molar-refractivity contribution in [3.8, 4) is 0 Å². The van der Waals surface area contributed by atoms with Crippen molar-refractivity contribution in [2.24, 2.45) is 0 Å². The number of anilines is 2. The molecule has 30 heavy (non-hydrogen) atoms. The molecule has 4 nitrogen and oxygen atoms in total. The minimum absolute atomic E-state index is 0.139. The number of sulfone groups is 1. The second-order valence-electron chi connectivity index (χ2n) is 7.15. The minimum Gasteiger partial charge on any atom is -0.354 e. The number of hydrogen-bond donors (Lipinski definition) is 1. The van der Waals surface area contributed by atoms with E-state index in [4.69, 9.17) is 11.6 Å². The van der Waals surface area contributed by atoms with Crippen LogP contribution in [0.25, 0.3) is 10.9 Å². The number of nitrogens with one attached hydrogen (secondary N) is 1.